The second-order valence-corrected chi connectivity index (χ2v) is 4.79. The zero-order valence-corrected chi connectivity index (χ0v) is 11.4. The molecule has 0 radical (unpaired) electrons. The van der Waals surface area contributed by atoms with E-state index < -0.39 is 5.82 Å². The average molecular weight is 318 g/mol. The molecule has 0 N–H and O–H groups in total. The first-order chi connectivity index (χ1) is 9.08. The van der Waals surface area contributed by atoms with Crippen LogP contribution in [0.4, 0.5) is 4.39 Å². The summed E-state index contributed by atoms with van der Waals surface area (Å²) in [5.41, 5.74) is 0.856. The van der Waals surface area contributed by atoms with Crippen LogP contribution in [0.5, 0.6) is 0 Å². The van der Waals surface area contributed by atoms with Crippen molar-refractivity contribution in [2.75, 3.05) is 0 Å². The lowest BCUT2D eigenvalue weighted by atomic mass is 10.1. The van der Waals surface area contributed by atoms with Gasteiger partial charge in [-0.15, -0.1) is 0 Å². The molecule has 0 bridgehead atoms. The maximum absolute atomic E-state index is 13.1. The van der Waals surface area contributed by atoms with Gasteiger partial charge in [0.25, 0.3) is 5.78 Å². The van der Waals surface area contributed by atoms with Crippen LogP contribution in [-0.4, -0.2) is 19.6 Å². The summed E-state index contributed by atoms with van der Waals surface area (Å²) in [5, 5.41) is 4.45. The van der Waals surface area contributed by atoms with Gasteiger partial charge in [-0.3, -0.25) is 0 Å². The first-order valence-electron chi connectivity index (χ1n) is 5.08. The van der Waals surface area contributed by atoms with Gasteiger partial charge >= 0.3 is 0 Å². The lowest BCUT2D eigenvalue weighted by Crippen LogP contribution is -1.98. The Labute approximate surface area is 121 Å². The van der Waals surface area contributed by atoms with Crippen LogP contribution in [0.15, 0.2) is 24.5 Å². The molecule has 0 aliphatic rings. The molecule has 0 aliphatic heterocycles. The Kier molecular flexibility index (Phi) is 3.05. The number of halogens is 4. The SMILES string of the molecule is Fc1ccc(-c2c(Cl)nc3ncnn3c2Cl)c(Cl)c1. The lowest BCUT2D eigenvalue weighted by molar-refractivity contribution is 0.628. The van der Waals surface area contributed by atoms with Gasteiger partial charge in [-0.25, -0.2) is 4.39 Å². The minimum Gasteiger partial charge on any atom is -0.207 e. The second-order valence-electron chi connectivity index (χ2n) is 3.66. The third-order valence-corrected chi connectivity index (χ3v) is 3.46. The van der Waals surface area contributed by atoms with E-state index in [4.69, 9.17) is 34.8 Å². The van der Waals surface area contributed by atoms with E-state index >= 15 is 0 Å². The molecule has 2 heterocycles. The number of rotatable bonds is 1. The molecule has 3 rings (SSSR count). The molecular weight excluding hydrogens is 314 g/mol. The fraction of sp³-hybridized carbons (Fsp3) is 0. The molecule has 4 nitrogen and oxygen atoms in total. The predicted octanol–water partition coefficient (Wildman–Crippen LogP) is 3.89. The van der Waals surface area contributed by atoms with E-state index in [1.165, 1.54) is 29.0 Å². The monoisotopic (exact) mass is 316 g/mol. The highest BCUT2D eigenvalue weighted by molar-refractivity contribution is 6.40. The Morgan fingerprint density at radius 3 is 2.68 bits per heavy atom. The van der Waals surface area contributed by atoms with Crippen molar-refractivity contribution < 1.29 is 4.39 Å². The van der Waals surface area contributed by atoms with E-state index in [1.807, 2.05) is 0 Å². The van der Waals surface area contributed by atoms with Crippen molar-refractivity contribution in [2.45, 2.75) is 0 Å². The summed E-state index contributed by atoms with van der Waals surface area (Å²) in [4.78, 5) is 7.94. The molecule has 0 saturated carbocycles. The number of hydrogen-bond donors (Lipinski definition) is 0. The van der Waals surface area contributed by atoms with Crippen molar-refractivity contribution in [1.29, 1.82) is 0 Å². The topological polar surface area (TPSA) is 43.1 Å². The maximum Gasteiger partial charge on any atom is 0.255 e. The number of nitrogens with zero attached hydrogens (tertiary/aromatic N) is 4. The Hall–Kier alpha value is -1.43. The Bertz CT molecular complexity index is 787. The van der Waals surface area contributed by atoms with Crippen LogP contribution >= 0.6 is 34.8 Å². The van der Waals surface area contributed by atoms with Crippen LogP contribution in [-0.2, 0) is 0 Å². The largest absolute Gasteiger partial charge is 0.255 e. The van der Waals surface area contributed by atoms with Crippen LogP contribution in [0.1, 0.15) is 0 Å². The summed E-state index contributed by atoms with van der Waals surface area (Å²) in [6.07, 6.45) is 1.31. The Balaban J connectivity index is 2.35. The van der Waals surface area contributed by atoms with Crippen molar-refractivity contribution in [1.82, 2.24) is 19.6 Å². The molecule has 0 spiro atoms. The van der Waals surface area contributed by atoms with Gasteiger partial charge in [-0.1, -0.05) is 34.8 Å². The molecule has 0 amide bonds. The molecule has 2 aromatic heterocycles. The summed E-state index contributed by atoms with van der Waals surface area (Å²) >= 11 is 18.3. The van der Waals surface area contributed by atoms with Gasteiger partial charge in [0.05, 0.1) is 10.6 Å². The summed E-state index contributed by atoms with van der Waals surface area (Å²) in [5.74, 6) is -0.173. The molecule has 0 saturated heterocycles. The Morgan fingerprint density at radius 1 is 1.16 bits per heavy atom. The highest BCUT2D eigenvalue weighted by Gasteiger charge is 2.18. The van der Waals surface area contributed by atoms with Crippen molar-refractivity contribution in [3.63, 3.8) is 0 Å². The fourth-order valence-electron chi connectivity index (χ4n) is 1.70. The first kappa shape index (κ1) is 12.6. The molecule has 1 aromatic carbocycles. The molecule has 0 unspecified atom stereocenters. The second kappa shape index (κ2) is 4.59. The van der Waals surface area contributed by atoms with Crippen molar-refractivity contribution in [2.24, 2.45) is 0 Å². The van der Waals surface area contributed by atoms with Gasteiger partial charge in [0.2, 0.25) is 0 Å². The van der Waals surface area contributed by atoms with Gasteiger partial charge in [0.15, 0.2) is 0 Å². The summed E-state index contributed by atoms with van der Waals surface area (Å²) in [7, 11) is 0. The smallest absolute Gasteiger partial charge is 0.207 e. The van der Waals surface area contributed by atoms with Gasteiger partial charge in [-0.05, 0) is 18.2 Å². The Morgan fingerprint density at radius 2 is 1.95 bits per heavy atom. The molecule has 8 heteroatoms. The molecular formula is C11H4Cl3FN4. The molecule has 0 fully saturated rings. The van der Waals surface area contributed by atoms with E-state index in [2.05, 4.69) is 15.1 Å². The quantitative estimate of drug-likeness (QED) is 0.639. The maximum atomic E-state index is 13.1. The lowest BCUT2D eigenvalue weighted by Gasteiger charge is -2.09. The van der Waals surface area contributed by atoms with Crippen LogP contribution in [0.2, 0.25) is 15.3 Å². The number of aromatic nitrogens is 4. The predicted molar refractivity (Wildman–Crippen MR) is 71.2 cm³/mol. The molecule has 0 atom stereocenters. The van der Waals surface area contributed by atoms with Crippen molar-refractivity contribution in [3.05, 3.63) is 45.7 Å². The van der Waals surface area contributed by atoms with E-state index in [0.29, 0.717) is 11.1 Å². The normalized spacial score (nSPS) is 11.2. The minimum atomic E-state index is -0.448. The van der Waals surface area contributed by atoms with Crippen molar-refractivity contribution in [3.8, 4) is 11.1 Å². The summed E-state index contributed by atoms with van der Waals surface area (Å²) < 4.78 is 14.4. The van der Waals surface area contributed by atoms with Gasteiger partial charge in [-0.2, -0.15) is 19.6 Å². The first-order valence-corrected chi connectivity index (χ1v) is 6.21. The molecule has 3 aromatic rings. The molecule has 19 heavy (non-hydrogen) atoms. The van der Waals surface area contributed by atoms with Crippen LogP contribution in [0.3, 0.4) is 0 Å². The molecule has 96 valence electrons. The summed E-state index contributed by atoms with van der Waals surface area (Å²) in [6.45, 7) is 0. The van der Waals surface area contributed by atoms with Gasteiger partial charge in [0, 0.05) is 5.56 Å². The van der Waals surface area contributed by atoms with Crippen LogP contribution in [0, 0.1) is 5.82 Å². The number of benzene rings is 1. The highest BCUT2D eigenvalue weighted by Crippen LogP contribution is 2.37. The third kappa shape index (κ3) is 2.04. The van der Waals surface area contributed by atoms with E-state index in [1.54, 1.807) is 0 Å². The number of hydrogen-bond acceptors (Lipinski definition) is 3. The van der Waals surface area contributed by atoms with Crippen LogP contribution in [0.25, 0.3) is 16.9 Å². The highest BCUT2D eigenvalue weighted by atomic mass is 35.5. The number of fused-ring (bicyclic) bond motifs is 1. The van der Waals surface area contributed by atoms with E-state index in [9.17, 15) is 4.39 Å². The van der Waals surface area contributed by atoms with Gasteiger partial charge < -0.3 is 0 Å². The zero-order valence-electron chi connectivity index (χ0n) is 9.11. The minimum absolute atomic E-state index is 0.124. The fourth-order valence-corrected chi connectivity index (χ4v) is 2.59. The molecule has 0 aliphatic carbocycles. The standard InChI is InChI=1S/C11H4Cl3FN4/c12-7-3-5(15)1-2-6(7)8-9(13)18-11-16-4-17-19(11)10(8)14/h1-4H. The van der Waals surface area contributed by atoms with E-state index in [-0.39, 0.29) is 21.1 Å². The van der Waals surface area contributed by atoms with Gasteiger partial charge in [0.1, 0.15) is 22.5 Å². The summed E-state index contributed by atoms with van der Waals surface area (Å²) in [6, 6.07) is 3.92. The third-order valence-electron chi connectivity index (χ3n) is 2.53. The zero-order chi connectivity index (χ0) is 13.6. The van der Waals surface area contributed by atoms with Crippen LogP contribution < -0.4 is 0 Å². The van der Waals surface area contributed by atoms with Crippen molar-refractivity contribution >= 4 is 40.6 Å². The van der Waals surface area contributed by atoms with E-state index in [0.717, 1.165) is 0 Å². The average Bonchev–Trinajstić information content (AvgIpc) is 2.80.